The van der Waals surface area contributed by atoms with Gasteiger partial charge in [-0.05, 0) is 43.0 Å². The van der Waals surface area contributed by atoms with Crippen LogP contribution in [0.2, 0.25) is 0 Å². The predicted molar refractivity (Wildman–Crippen MR) is 78.4 cm³/mol. The van der Waals surface area contributed by atoms with Gasteiger partial charge in [-0.3, -0.25) is 0 Å². The largest absolute Gasteiger partial charge is 0.493 e. The van der Waals surface area contributed by atoms with Crippen LogP contribution in [-0.2, 0) is 0 Å². The van der Waals surface area contributed by atoms with E-state index in [2.05, 4.69) is 50.9 Å². The molecule has 0 bridgehead atoms. The molecular weight excluding hydrogens is 222 g/mol. The zero-order valence-electron chi connectivity index (χ0n) is 11.8. The molecule has 2 heteroatoms. The monoisotopic (exact) mass is 247 g/mol. The highest BCUT2D eigenvalue weighted by atomic mass is 16.5. The second kappa shape index (κ2) is 7.93. The Morgan fingerprint density at radius 1 is 1.39 bits per heavy atom. The first kappa shape index (κ1) is 14.8. The summed E-state index contributed by atoms with van der Waals surface area (Å²) in [7, 11) is 0. The van der Waals surface area contributed by atoms with Gasteiger partial charge in [-0.2, -0.15) is 0 Å². The van der Waals surface area contributed by atoms with Crippen LogP contribution in [0.1, 0.15) is 37.3 Å². The van der Waals surface area contributed by atoms with Gasteiger partial charge in [0.25, 0.3) is 0 Å². The maximum atomic E-state index is 5.89. The summed E-state index contributed by atoms with van der Waals surface area (Å²) in [5, 5.41) is 3.27. The van der Waals surface area contributed by atoms with E-state index in [0.717, 1.165) is 31.9 Å². The lowest BCUT2D eigenvalue weighted by molar-refractivity contribution is 0.305. The van der Waals surface area contributed by atoms with Crippen LogP contribution in [0.15, 0.2) is 30.9 Å². The highest BCUT2D eigenvalue weighted by Gasteiger charge is 2.07. The molecule has 0 spiro atoms. The molecule has 0 saturated heterocycles. The molecule has 0 aliphatic heterocycles. The third-order valence-electron chi connectivity index (χ3n) is 2.84. The van der Waals surface area contributed by atoms with Gasteiger partial charge >= 0.3 is 0 Å². The van der Waals surface area contributed by atoms with E-state index in [1.54, 1.807) is 0 Å². The number of ether oxygens (including phenoxy) is 1. The van der Waals surface area contributed by atoms with Gasteiger partial charge in [-0.1, -0.05) is 32.1 Å². The molecule has 1 aromatic carbocycles. The van der Waals surface area contributed by atoms with E-state index in [4.69, 9.17) is 4.74 Å². The molecule has 0 atom stereocenters. The van der Waals surface area contributed by atoms with Crippen LogP contribution in [0, 0.1) is 6.92 Å². The van der Waals surface area contributed by atoms with Crippen molar-refractivity contribution in [1.29, 1.82) is 0 Å². The average Bonchev–Trinajstić information content (AvgIpc) is 2.33. The van der Waals surface area contributed by atoms with Crippen LogP contribution in [-0.4, -0.2) is 19.7 Å². The fourth-order valence-electron chi connectivity index (χ4n) is 1.83. The Morgan fingerprint density at radius 2 is 2.17 bits per heavy atom. The van der Waals surface area contributed by atoms with Crippen molar-refractivity contribution in [3.05, 3.63) is 42.0 Å². The minimum Gasteiger partial charge on any atom is -0.493 e. The third kappa shape index (κ3) is 4.92. The Hall–Kier alpha value is -1.28. The zero-order valence-corrected chi connectivity index (χ0v) is 11.8. The predicted octanol–water partition coefficient (Wildman–Crippen LogP) is 3.66. The van der Waals surface area contributed by atoms with Crippen LogP contribution in [0.3, 0.4) is 0 Å². The topological polar surface area (TPSA) is 21.3 Å². The van der Waals surface area contributed by atoms with Crippen LogP contribution in [0.25, 0.3) is 0 Å². The SMILES string of the molecule is C=CCNCCCOc1cc(C)ccc1C(C)C. The van der Waals surface area contributed by atoms with E-state index in [1.807, 2.05) is 6.08 Å². The Bertz CT molecular complexity index is 371. The summed E-state index contributed by atoms with van der Waals surface area (Å²) in [4.78, 5) is 0. The Labute approximate surface area is 111 Å². The summed E-state index contributed by atoms with van der Waals surface area (Å²) in [5.74, 6) is 1.54. The fraction of sp³-hybridized carbons (Fsp3) is 0.500. The summed E-state index contributed by atoms with van der Waals surface area (Å²) >= 11 is 0. The van der Waals surface area contributed by atoms with Crippen molar-refractivity contribution in [3.8, 4) is 5.75 Å². The van der Waals surface area contributed by atoms with Crippen molar-refractivity contribution >= 4 is 0 Å². The first-order chi connectivity index (χ1) is 8.65. The summed E-state index contributed by atoms with van der Waals surface area (Å²) in [6.07, 6.45) is 2.89. The molecule has 1 N–H and O–H groups in total. The third-order valence-corrected chi connectivity index (χ3v) is 2.84. The van der Waals surface area contributed by atoms with Gasteiger partial charge in [0.2, 0.25) is 0 Å². The van der Waals surface area contributed by atoms with Gasteiger partial charge in [-0.15, -0.1) is 6.58 Å². The quantitative estimate of drug-likeness (QED) is 0.559. The minimum atomic E-state index is 0.500. The molecule has 1 rings (SSSR count). The van der Waals surface area contributed by atoms with Crippen molar-refractivity contribution in [3.63, 3.8) is 0 Å². The van der Waals surface area contributed by atoms with Crippen molar-refractivity contribution in [1.82, 2.24) is 5.32 Å². The zero-order chi connectivity index (χ0) is 13.4. The summed E-state index contributed by atoms with van der Waals surface area (Å²) < 4.78 is 5.89. The van der Waals surface area contributed by atoms with Crippen LogP contribution in [0.5, 0.6) is 5.75 Å². The van der Waals surface area contributed by atoms with Crippen molar-refractivity contribution in [2.24, 2.45) is 0 Å². The summed E-state index contributed by atoms with van der Waals surface area (Å²) in [5.41, 5.74) is 2.54. The van der Waals surface area contributed by atoms with E-state index in [1.165, 1.54) is 11.1 Å². The van der Waals surface area contributed by atoms with Crippen molar-refractivity contribution < 1.29 is 4.74 Å². The van der Waals surface area contributed by atoms with E-state index in [-0.39, 0.29) is 0 Å². The second-order valence-corrected chi connectivity index (χ2v) is 4.89. The smallest absolute Gasteiger partial charge is 0.122 e. The van der Waals surface area contributed by atoms with Crippen LogP contribution < -0.4 is 10.1 Å². The standard InChI is InChI=1S/C16H25NO/c1-5-9-17-10-6-11-18-16-12-14(4)7-8-15(16)13(2)3/h5,7-8,12-13,17H,1,6,9-11H2,2-4H3. The molecule has 0 radical (unpaired) electrons. The van der Waals surface area contributed by atoms with Crippen molar-refractivity contribution in [2.45, 2.75) is 33.1 Å². The Kier molecular flexibility index (Phi) is 6.51. The van der Waals surface area contributed by atoms with Crippen molar-refractivity contribution in [2.75, 3.05) is 19.7 Å². The molecule has 18 heavy (non-hydrogen) atoms. The molecule has 0 unspecified atom stereocenters. The number of hydrogen-bond donors (Lipinski definition) is 1. The van der Waals surface area contributed by atoms with E-state index >= 15 is 0 Å². The van der Waals surface area contributed by atoms with Crippen LogP contribution >= 0.6 is 0 Å². The van der Waals surface area contributed by atoms with Gasteiger partial charge in [0.05, 0.1) is 6.61 Å². The molecule has 0 heterocycles. The molecular formula is C16H25NO. The van der Waals surface area contributed by atoms with Gasteiger partial charge < -0.3 is 10.1 Å². The van der Waals surface area contributed by atoms with Crippen LogP contribution in [0.4, 0.5) is 0 Å². The number of benzene rings is 1. The molecule has 1 aromatic rings. The van der Waals surface area contributed by atoms with E-state index < -0.39 is 0 Å². The first-order valence-corrected chi connectivity index (χ1v) is 6.70. The lowest BCUT2D eigenvalue weighted by Gasteiger charge is -2.15. The number of rotatable bonds is 8. The number of hydrogen-bond acceptors (Lipinski definition) is 2. The molecule has 2 nitrogen and oxygen atoms in total. The average molecular weight is 247 g/mol. The van der Waals surface area contributed by atoms with Gasteiger partial charge in [-0.25, -0.2) is 0 Å². The lowest BCUT2D eigenvalue weighted by Crippen LogP contribution is -2.17. The summed E-state index contributed by atoms with van der Waals surface area (Å²) in [6.45, 7) is 12.8. The molecule has 0 amide bonds. The Morgan fingerprint density at radius 3 is 2.83 bits per heavy atom. The number of aryl methyl sites for hydroxylation is 1. The molecule has 0 saturated carbocycles. The molecule has 0 aliphatic rings. The highest BCUT2D eigenvalue weighted by molar-refractivity contribution is 5.39. The normalized spacial score (nSPS) is 10.7. The highest BCUT2D eigenvalue weighted by Crippen LogP contribution is 2.27. The minimum absolute atomic E-state index is 0.500. The maximum Gasteiger partial charge on any atom is 0.122 e. The molecule has 0 aliphatic carbocycles. The molecule has 100 valence electrons. The van der Waals surface area contributed by atoms with E-state index in [9.17, 15) is 0 Å². The van der Waals surface area contributed by atoms with E-state index in [0.29, 0.717) is 5.92 Å². The summed E-state index contributed by atoms with van der Waals surface area (Å²) in [6, 6.07) is 6.45. The lowest BCUT2D eigenvalue weighted by atomic mass is 10.0. The van der Waals surface area contributed by atoms with Gasteiger partial charge in [0.15, 0.2) is 0 Å². The van der Waals surface area contributed by atoms with Gasteiger partial charge in [0, 0.05) is 6.54 Å². The number of nitrogens with one attached hydrogen (secondary N) is 1. The maximum absolute atomic E-state index is 5.89. The Balaban J connectivity index is 2.45. The first-order valence-electron chi connectivity index (χ1n) is 6.70. The molecule has 0 aromatic heterocycles. The fourth-order valence-corrected chi connectivity index (χ4v) is 1.83. The van der Waals surface area contributed by atoms with Gasteiger partial charge in [0.1, 0.15) is 5.75 Å². The second-order valence-electron chi connectivity index (χ2n) is 4.89. The molecule has 0 fully saturated rings.